The summed E-state index contributed by atoms with van der Waals surface area (Å²) in [4.78, 5) is 13.5. The summed E-state index contributed by atoms with van der Waals surface area (Å²) in [5.74, 6) is -0.0958. The lowest BCUT2D eigenvalue weighted by Crippen LogP contribution is -2.42. The third-order valence-electron chi connectivity index (χ3n) is 3.36. The zero-order valence-corrected chi connectivity index (χ0v) is 11.2. The van der Waals surface area contributed by atoms with Crippen molar-refractivity contribution in [2.45, 2.75) is 25.9 Å². The molecule has 0 spiro atoms. The first-order chi connectivity index (χ1) is 8.90. The largest absolute Gasteiger partial charge is 0.405 e. The second-order valence-electron chi connectivity index (χ2n) is 4.90. The van der Waals surface area contributed by atoms with E-state index < -0.39 is 18.6 Å². The number of piperidine rings is 1. The molecule has 7 heteroatoms. The van der Waals surface area contributed by atoms with E-state index >= 15 is 0 Å². The second kappa shape index (κ2) is 7.69. The van der Waals surface area contributed by atoms with Crippen LogP contribution in [0.5, 0.6) is 0 Å². The highest BCUT2D eigenvalue weighted by Crippen LogP contribution is 2.15. The first kappa shape index (κ1) is 16.2. The summed E-state index contributed by atoms with van der Waals surface area (Å²) in [5.41, 5.74) is 0. The minimum atomic E-state index is -4.34. The maximum atomic E-state index is 11.9. The molecule has 4 nitrogen and oxygen atoms in total. The fourth-order valence-electron chi connectivity index (χ4n) is 2.16. The molecule has 0 saturated carbocycles. The number of alkyl halides is 3. The maximum Gasteiger partial charge on any atom is 0.405 e. The lowest BCUT2D eigenvalue weighted by molar-refractivity contribution is -0.137. The number of hydrogen-bond acceptors (Lipinski definition) is 3. The number of halogens is 3. The molecule has 1 rings (SSSR count). The Morgan fingerprint density at radius 1 is 1.32 bits per heavy atom. The smallest absolute Gasteiger partial charge is 0.346 e. The molecule has 1 aliphatic rings. The Morgan fingerprint density at radius 3 is 2.47 bits per heavy atom. The lowest BCUT2D eigenvalue weighted by Gasteiger charge is -2.31. The molecule has 0 bridgehead atoms. The zero-order chi connectivity index (χ0) is 14.3. The van der Waals surface area contributed by atoms with Gasteiger partial charge in [0.1, 0.15) is 6.54 Å². The van der Waals surface area contributed by atoms with Crippen LogP contribution in [0.1, 0.15) is 19.8 Å². The zero-order valence-electron chi connectivity index (χ0n) is 11.2. The van der Waals surface area contributed by atoms with Gasteiger partial charge < -0.3 is 15.5 Å². The quantitative estimate of drug-likeness (QED) is 0.763. The Kier molecular flexibility index (Phi) is 6.57. The Balaban J connectivity index is 2.06. The number of hydrogen-bond donors (Lipinski definition) is 2. The van der Waals surface area contributed by atoms with Crippen LogP contribution in [-0.4, -0.2) is 56.3 Å². The predicted molar refractivity (Wildman–Crippen MR) is 66.8 cm³/mol. The van der Waals surface area contributed by atoms with Crippen LogP contribution >= 0.6 is 0 Å². The van der Waals surface area contributed by atoms with E-state index in [1.54, 1.807) is 0 Å². The Hall–Kier alpha value is -0.820. The standard InChI is InChI=1S/C12H22F3N3O/c1-2-18-5-3-10(4-6-18)7-16-8-11(19)17-9-12(13,14)15/h10,16H,2-9H2,1H3,(H,17,19). The third-order valence-corrected chi connectivity index (χ3v) is 3.36. The molecule has 1 amide bonds. The summed E-state index contributed by atoms with van der Waals surface area (Å²) in [6.07, 6.45) is -2.20. The molecule has 0 aromatic heterocycles. The highest BCUT2D eigenvalue weighted by molar-refractivity contribution is 5.77. The van der Waals surface area contributed by atoms with Gasteiger partial charge in [-0.2, -0.15) is 13.2 Å². The lowest BCUT2D eigenvalue weighted by atomic mass is 9.97. The van der Waals surface area contributed by atoms with Crippen molar-refractivity contribution in [2.24, 2.45) is 5.92 Å². The summed E-state index contributed by atoms with van der Waals surface area (Å²) in [6, 6.07) is 0. The van der Waals surface area contributed by atoms with Gasteiger partial charge in [0.05, 0.1) is 6.54 Å². The number of amides is 1. The van der Waals surface area contributed by atoms with E-state index in [9.17, 15) is 18.0 Å². The van der Waals surface area contributed by atoms with Crippen LogP contribution in [-0.2, 0) is 4.79 Å². The van der Waals surface area contributed by atoms with Gasteiger partial charge in [-0.15, -0.1) is 0 Å². The maximum absolute atomic E-state index is 11.9. The van der Waals surface area contributed by atoms with Crippen LogP contribution in [0.2, 0.25) is 0 Å². The van der Waals surface area contributed by atoms with Gasteiger partial charge in [0.2, 0.25) is 5.91 Å². The Labute approximate surface area is 111 Å². The summed E-state index contributed by atoms with van der Waals surface area (Å²) >= 11 is 0. The van der Waals surface area contributed by atoms with Crippen LogP contribution in [0.15, 0.2) is 0 Å². The number of nitrogens with one attached hydrogen (secondary N) is 2. The highest BCUT2D eigenvalue weighted by Gasteiger charge is 2.27. The van der Waals surface area contributed by atoms with Crippen molar-refractivity contribution >= 4 is 5.91 Å². The molecule has 0 aliphatic carbocycles. The van der Waals surface area contributed by atoms with Crippen molar-refractivity contribution in [3.63, 3.8) is 0 Å². The molecule has 1 aliphatic heterocycles. The van der Waals surface area contributed by atoms with E-state index in [-0.39, 0.29) is 6.54 Å². The molecule has 112 valence electrons. The van der Waals surface area contributed by atoms with Crippen LogP contribution in [0.4, 0.5) is 13.2 Å². The molecule has 0 aromatic carbocycles. The number of carbonyl (C=O) groups is 1. The minimum Gasteiger partial charge on any atom is -0.346 e. The van der Waals surface area contributed by atoms with Crippen molar-refractivity contribution in [1.82, 2.24) is 15.5 Å². The fourth-order valence-corrected chi connectivity index (χ4v) is 2.16. The Bertz CT molecular complexity index is 276. The molecule has 0 unspecified atom stereocenters. The third kappa shape index (κ3) is 7.37. The number of nitrogens with zero attached hydrogens (tertiary/aromatic N) is 1. The van der Waals surface area contributed by atoms with Crippen molar-refractivity contribution in [2.75, 3.05) is 39.3 Å². The molecule has 0 radical (unpaired) electrons. The average molecular weight is 281 g/mol. The van der Waals surface area contributed by atoms with E-state index in [1.807, 2.05) is 5.32 Å². The molecule has 1 saturated heterocycles. The number of carbonyl (C=O) groups excluding carboxylic acids is 1. The van der Waals surface area contributed by atoms with Crippen molar-refractivity contribution in [3.8, 4) is 0 Å². The highest BCUT2D eigenvalue weighted by atomic mass is 19.4. The van der Waals surface area contributed by atoms with E-state index in [0.717, 1.165) is 32.5 Å². The van der Waals surface area contributed by atoms with Crippen LogP contribution in [0.3, 0.4) is 0 Å². The molecular weight excluding hydrogens is 259 g/mol. The second-order valence-corrected chi connectivity index (χ2v) is 4.90. The summed E-state index contributed by atoms with van der Waals surface area (Å²) < 4.78 is 35.6. The predicted octanol–water partition coefficient (Wildman–Crippen LogP) is 0.986. The van der Waals surface area contributed by atoms with E-state index in [2.05, 4.69) is 17.1 Å². The first-order valence-electron chi connectivity index (χ1n) is 6.67. The van der Waals surface area contributed by atoms with Gasteiger partial charge in [0.15, 0.2) is 0 Å². The van der Waals surface area contributed by atoms with Gasteiger partial charge in [-0.05, 0) is 44.9 Å². The van der Waals surface area contributed by atoms with Crippen LogP contribution in [0, 0.1) is 5.92 Å². The van der Waals surface area contributed by atoms with E-state index in [1.165, 1.54) is 0 Å². The van der Waals surface area contributed by atoms with Gasteiger partial charge in [-0.3, -0.25) is 4.79 Å². The number of rotatable bonds is 6. The van der Waals surface area contributed by atoms with Crippen molar-refractivity contribution < 1.29 is 18.0 Å². The molecule has 1 heterocycles. The molecule has 2 N–H and O–H groups in total. The first-order valence-corrected chi connectivity index (χ1v) is 6.67. The monoisotopic (exact) mass is 281 g/mol. The van der Waals surface area contributed by atoms with Crippen molar-refractivity contribution in [3.05, 3.63) is 0 Å². The van der Waals surface area contributed by atoms with Crippen LogP contribution in [0.25, 0.3) is 0 Å². The summed E-state index contributed by atoms with van der Waals surface area (Å²) in [7, 11) is 0. The van der Waals surface area contributed by atoms with Gasteiger partial charge >= 0.3 is 6.18 Å². The normalized spacial score (nSPS) is 18.5. The molecule has 0 aromatic rings. The van der Waals surface area contributed by atoms with Crippen LogP contribution < -0.4 is 10.6 Å². The van der Waals surface area contributed by atoms with Crippen molar-refractivity contribution in [1.29, 1.82) is 0 Å². The summed E-state index contributed by atoms with van der Waals surface area (Å²) in [5, 5.41) is 4.77. The topological polar surface area (TPSA) is 44.4 Å². The van der Waals surface area contributed by atoms with E-state index in [0.29, 0.717) is 12.5 Å². The SMILES string of the molecule is CCN1CCC(CNCC(=O)NCC(F)(F)F)CC1. The molecule has 0 atom stereocenters. The average Bonchev–Trinajstić information content (AvgIpc) is 2.36. The van der Waals surface area contributed by atoms with Gasteiger partial charge in [0, 0.05) is 0 Å². The number of likely N-dealkylation sites (tertiary alicyclic amines) is 1. The minimum absolute atomic E-state index is 0.0515. The van der Waals surface area contributed by atoms with Gasteiger partial charge in [-0.1, -0.05) is 6.92 Å². The Morgan fingerprint density at radius 2 is 1.95 bits per heavy atom. The fraction of sp³-hybridized carbons (Fsp3) is 0.917. The summed E-state index contributed by atoms with van der Waals surface area (Å²) in [6.45, 7) is 4.68. The van der Waals surface area contributed by atoms with E-state index in [4.69, 9.17) is 0 Å². The molecule has 19 heavy (non-hydrogen) atoms. The van der Waals surface area contributed by atoms with Gasteiger partial charge in [0.25, 0.3) is 0 Å². The molecule has 1 fully saturated rings. The van der Waals surface area contributed by atoms with Gasteiger partial charge in [-0.25, -0.2) is 0 Å². The molecular formula is C12H22F3N3O.